The Hall–Kier alpha value is -1.06. The van der Waals surface area contributed by atoms with Gasteiger partial charge in [-0.25, -0.2) is 17.6 Å². The molecule has 0 spiro atoms. The molecule has 1 aromatic rings. The van der Waals surface area contributed by atoms with Crippen molar-refractivity contribution in [2.45, 2.75) is 24.7 Å². The lowest BCUT2D eigenvalue weighted by Crippen LogP contribution is -2.30. The quantitative estimate of drug-likeness (QED) is 0.565. The number of benzene rings is 1. The molecule has 0 saturated heterocycles. The Balaban J connectivity index is 2.61. The molecule has 14 heavy (non-hydrogen) atoms. The third-order valence-corrected chi connectivity index (χ3v) is 2.47. The molecule has 0 radical (unpaired) electrons. The Bertz CT molecular complexity index is 322. The maximum atomic E-state index is 13.2. The second kappa shape index (κ2) is 2.72. The van der Waals surface area contributed by atoms with Crippen molar-refractivity contribution in [2.24, 2.45) is 0 Å². The van der Waals surface area contributed by atoms with E-state index in [1.54, 1.807) is 0 Å². The van der Waals surface area contributed by atoms with E-state index in [4.69, 9.17) is 0 Å². The van der Waals surface area contributed by atoms with E-state index in [2.05, 4.69) is 0 Å². The molecule has 0 nitrogen and oxygen atoms in total. The molecule has 0 heterocycles. The number of fused-ring (bicyclic) bond motifs is 1. The third-order valence-electron chi connectivity index (χ3n) is 2.47. The first kappa shape index (κ1) is 9.49. The SMILES string of the molecule is FC1(F)CCC(F)(F)c2ccccc21. The molecule has 1 aliphatic rings. The van der Waals surface area contributed by atoms with Crippen LogP contribution in [0.2, 0.25) is 0 Å². The number of alkyl halides is 4. The van der Waals surface area contributed by atoms with Crippen LogP contribution in [0.3, 0.4) is 0 Å². The van der Waals surface area contributed by atoms with Crippen molar-refractivity contribution in [3.63, 3.8) is 0 Å². The molecule has 0 bridgehead atoms. The summed E-state index contributed by atoms with van der Waals surface area (Å²) < 4.78 is 52.8. The molecule has 0 aliphatic heterocycles. The second-order valence-corrected chi connectivity index (χ2v) is 3.45. The van der Waals surface area contributed by atoms with Crippen LogP contribution in [-0.2, 0) is 11.8 Å². The van der Waals surface area contributed by atoms with Crippen LogP contribution in [0, 0.1) is 0 Å². The second-order valence-electron chi connectivity index (χ2n) is 3.45. The summed E-state index contributed by atoms with van der Waals surface area (Å²) in [6.45, 7) is 0. The highest BCUT2D eigenvalue weighted by Crippen LogP contribution is 2.49. The zero-order valence-electron chi connectivity index (χ0n) is 7.24. The van der Waals surface area contributed by atoms with Crippen molar-refractivity contribution in [1.82, 2.24) is 0 Å². The van der Waals surface area contributed by atoms with E-state index in [1.807, 2.05) is 0 Å². The van der Waals surface area contributed by atoms with Gasteiger partial charge < -0.3 is 0 Å². The van der Waals surface area contributed by atoms with Gasteiger partial charge in [0.05, 0.1) is 0 Å². The van der Waals surface area contributed by atoms with E-state index in [9.17, 15) is 17.6 Å². The average molecular weight is 204 g/mol. The van der Waals surface area contributed by atoms with Crippen LogP contribution in [0.5, 0.6) is 0 Å². The molecule has 0 unspecified atom stereocenters. The molecule has 0 aromatic heterocycles. The lowest BCUT2D eigenvalue weighted by atomic mass is 9.86. The molecule has 0 fully saturated rings. The highest BCUT2D eigenvalue weighted by molar-refractivity contribution is 5.36. The van der Waals surface area contributed by atoms with Crippen LogP contribution in [0.15, 0.2) is 24.3 Å². The fraction of sp³-hybridized carbons (Fsp3) is 0.400. The molecule has 0 atom stereocenters. The van der Waals surface area contributed by atoms with E-state index in [0.29, 0.717) is 0 Å². The Morgan fingerprint density at radius 2 is 1.14 bits per heavy atom. The standard InChI is InChI=1S/C10H8F4/c11-9(12)5-6-10(13,14)8-4-2-1-3-7(8)9/h1-4H,5-6H2. The third kappa shape index (κ3) is 1.29. The molecule has 2 rings (SSSR count). The summed E-state index contributed by atoms with van der Waals surface area (Å²) in [5, 5.41) is 0. The fourth-order valence-corrected chi connectivity index (χ4v) is 1.70. The van der Waals surface area contributed by atoms with Crippen LogP contribution in [-0.4, -0.2) is 0 Å². The van der Waals surface area contributed by atoms with Gasteiger partial charge in [-0.15, -0.1) is 0 Å². The molecule has 1 aliphatic carbocycles. The van der Waals surface area contributed by atoms with Gasteiger partial charge in [0.25, 0.3) is 11.8 Å². The summed E-state index contributed by atoms with van der Waals surface area (Å²) in [6.07, 6.45) is -1.56. The maximum absolute atomic E-state index is 13.2. The normalized spacial score (nSPS) is 22.9. The summed E-state index contributed by atoms with van der Waals surface area (Å²) in [4.78, 5) is 0. The summed E-state index contributed by atoms with van der Waals surface area (Å²) in [5.41, 5.74) is -1.06. The summed E-state index contributed by atoms with van der Waals surface area (Å²) >= 11 is 0. The molecular weight excluding hydrogens is 196 g/mol. The largest absolute Gasteiger partial charge is 0.273 e. The molecule has 0 saturated carbocycles. The zero-order valence-corrected chi connectivity index (χ0v) is 7.24. The first-order chi connectivity index (χ1) is 6.43. The van der Waals surface area contributed by atoms with Crippen LogP contribution >= 0.6 is 0 Å². The Kier molecular flexibility index (Phi) is 1.84. The number of rotatable bonds is 0. The van der Waals surface area contributed by atoms with Gasteiger partial charge in [0.1, 0.15) is 0 Å². The summed E-state index contributed by atoms with van der Waals surface area (Å²) in [7, 11) is 0. The highest BCUT2D eigenvalue weighted by atomic mass is 19.3. The fourth-order valence-electron chi connectivity index (χ4n) is 1.70. The predicted molar refractivity (Wildman–Crippen MR) is 43.5 cm³/mol. The van der Waals surface area contributed by atoms with Crippen molar-refractivity contribution in [1.29, 1.82) is 0 Å². The van der Waals surface area contributed by atoms with Crippen LogP contribution in [0.25, 0.3) is 0 Å². The van der Waals surface area contributed by atoms with E-state index >= 15 is 0 Å². The zero-order chi connectivity index (χ0) is 10.4. The predicted octanol–water partition coefficient (Wildman–Crippen LogP) is 3.66. The molecule has 76 valence electrons. The highest BCUT2D eigenvalue weighted by Gasteiger charge is 2.48. The van der Waals surface area contributed by atoms with E-state index < -0.39 is 35.8 Å². The minimum absolute atomic E-state index is 0.531. The minimum Gasteiger partial charge on any atom is -0.201 e. The smallest absolute Gasteiger partial charge is 0.201 e. The van der Waals surface area contributed by atoms with Crippen LogP contribution < -0.4 is 0 Å². The van der Waals surface area contributed by atoms with Gasteiger partial charge in [0, 0.05) is 24.0 Å². The lowest BCUT2D eigenvalue weighted by molar-refractivity contribution is -0.0957. The minimum atomic E-state index is -3.11. The van der Waals surface area contributed by atoms with E-state index in [0.717, 1.165) is 12.1 Å². The van der Waals surface area contributed by atoms with E-state index in [1.165, 1.54) is 12.1 Å². The average Bonchev–Trinajstić information content (AvgIpc) is 2.14. The van der Waals surface area contributed by atoms with Crippen molar-refractivity contribution < 1.29 is 17.6 Å². The van der Waals surface area contributed by atoms with Crippen LogP contribution in [0.1, 0.15) is 24.0 Å². The van der Waals surface area contributed by atoms with Crippen molar-refractivity contribution in [2.75, 3.05) is 0 Å². The molecule has 1 aromatic carbocycles. The molecule has 0 amide bonds. The Morgan fingerprint density at radius 3 is 1.50 bits per heavy atom. The van der Waals surface area contributed by atoms with Gasteiger partial charge in [-0.05, 0) is 0 Å². The van der Waals surface area contributed by atoms with Crippen molar-refractivity contribution in [3.8, 4) is 0 Å². The Labute approximate surface area is 78.5 Å². The van der Waals surface area contributed by atoms with Gasteiger partial charge in [-0.3, -0.25) is 0 Å². The van der Waals surface area contributed by atoms with Crippen LogP contribution in [0.4, 0.5) is 17.6 Å². The van der Waals surface area contributed by atoms with Gasteiger partial charge in [0.15, 0.2) is 0 Å². The first-order valence-corrected chi connectivity index (χ1v) is 4.29. The lowest BCUT2D eigenvalue weighted by Gasteiger charge is -2.30. The van der Waals surface area contributed by atoms with Gasteiger partial charge >= 0.3 is 0 Å². The first-order valence-electron chi connectivity index (χ1n) is 4.29. The summed E-state index contributed by atoms with van der Waals surface area (Å²) in [5.74, 6) is -6.23. The van der Waals surface area contributed by atoms with Gasteiger partial charge in [-0.2, -0.15) is 0 Å². The number of hydrogen-bond donors (Lipinski definition) is 0. The summed E-state index contributed by atoms with van der Waals surface area (Å²) in [6, 6.07) is 4.85. The maximum Gasteiger partial charge on any atom is 0.273 e. The monoisotopic (exact) mass is 204 g/mol. The van der Waals surface area contributed by atoms with Crippen molar-refractivity contribution in [3.05, 3.63) is 35.4 Å². The number of halogens is 4. The number of hydrogen-bond acceptors (Lipinski definition) is 0. The Morgan fingerprint density at radius 1 is 0.786 bits per heavy atom. The topological polar surface area (TPSA) is 0 Å². The molecular formula is C10H8F4. The molecule has 4 heteroatoms. The van der Waals surface area contributed by atoms with Gasteiger partial charge in [-0.1, -0.05) is 24.3 Å². The van der Waals surface area contributed by atoms with E-state index in [-0.39, 0.29) is 0 Å². The molecule has 0 N–H and O–H groups in total. The van der Waals surface area contributed by atoms with Crippen molar-refractivity contribution >= 4 is 0 Å². The van der Waals surface area contributed by atoms with Gasteiger partial charge in [0.2, 0.25) is 0 Å².